The predicted molar refractivity (Wildman–Crippen MR) is 95.2 cm³/mol. The third-order valence-corrected chi connectivity index (χ3v) is 5.54. The lowest BCUT2D eigenvalue weighted by Crippen LogP contribution is -2.40. The van der Waals surface area contributed by atoms with Crippen LogP contribution in [0.15, 0.2) is 24.3 Å². The normalized spacial score (nSPS) is 19.4. The fraction of sp³-hybridized carbons (Fsp3) is 0.500. The minimum Gasteiger partial charge on any atom is -0.364 e. The fourth-order valence-electron chi connectivity index (χ4n) is 3.97. The van der Waals surface area contributed by atoms with Crippen LogP contribution in [0.5, 0.6) is 0 Å². The number of carbonyl (C=O) groups is 1. The molecule has 1 aliphatic carbocycles. The van der Waals surface area contributed by atoms with Crippen molar-refractivity contribution in [3.8, 4) is 0 Å². The zero-order valence-electron chi connectivity index (χ0n) is 15.0. The summed E-state index contributed by atoms with van der Waals surface area (Å²) in [5.74, 6) is 1.05. The highest BCUT2D eigenvalue weighted by Gasteiger charge is 2.26. The van der Waals surface area contributed by atoms with Crippen molar-refractivity contribution < 1.29 is 9.53 Å². The van der Waals surface area contributed by atoms with E-state index < -0.39 is 0 Å². The lowest BCUT2D eigenvalue weighted by Gasteiger charge is -2.30. The molecule has 0 saturated heterocycles. The van der Waals surface area contributed by atoms with Gasteiger partial charge in [-0.3, -0.25) is 4.79 Å². The lowest BCUT2D eigenvalue weighted by atomic mass is 9.89. The second-order valence-corrected chi connectivity index (χ2v) is 7.06. The second kappa shape index (κ2) is 6.64. The highest BCUT2D eigenvalue weighted by Crippen LogP contribution is 2.32. The van der Waals surface area contributed by atoms with Crippen LogP contribution in [0, 0.1) is 13.8 Å². The molecule has 1 unspecified atom stereocenters. The Morgan fingerprint density at radius 3 is 3.00 bits per heavy atom. The Morgan fingerprint density at radius 1 is 1.28 bits per heavy atom. The van der Waals surface area contributed by atoms with E-state index in [2.05, 4.69) is 40.7 Å². The second-order valence-electron chi connectivity index (χ2n) is 7.06. The summed E-state index contributed by atoms with van der Waals surface area (Å²) in [6.45, 7) is 6.40. The molecule has 0 spiro atoms. The lowest BCUT2D eigenvalue weighted by molar-refractivity contribution is -0.140. The largest absolute Gasteiger partial charge is 0.364 e. The van der Waals surface area contributed by atoms with Crippen LogP contribution in [0.3, 0.4) is 0 Å². The molecule has 0 fully saturated rings. The average Bonchev–Trinajstić information content (AvgIpc) is 2.93. The quantitative estimate of drug-likeness (QED) is 0.864. The van der Waals surface area contributed by atoms with Gasteiger partial charge in [0.25, 0.3) is 0 Å². The molecule has 1 aromatic carbocycles. The van der Waals surface area contributed by atoms with E-state index in [-0.39, 0.29) is 18.6 Å². The Morgan fingerprint density at radius 2 is 2.12 bits per heavy atom. The van der Waals surface area contributed by atoms with Gasteiger partial charge in [-0.05, 0) is 44.2 Å². The summed E-state index contributed by atoms with van der Waals surface area (Å²) < 4.78 is 8.24. The van der Waals surface area contributed by atoms with Crippen molar-refractivity contribution in [3.05, 3.63) is 52.6 Å². The van der Waals surface area contributed by atoms with Crippen LogP contribution in [-0.2, 0) is 29.0 Å². The Hall–Kier alpha value is -2.14. The summed E-state index contributed by atoms with van der Waals surface area (Å²) in [6.07, 6.45) is 3.27. The number of hydrogen-bond donors (Lipinski definition) is 0. The molecule has 4 rings (SSSR count). The number of hydrogen-bond acceptors (Lipinski definition) is 3. The van der Waals surface area contributed by atoms with E-state index in [9.17, 15) is 4.79 Å². The molecule has 1 amide bonds. The number of aromatic nitrogens is 2. The number of carbonyl (C=O) groups excluding carboxylic acids is 1. The van der Waals surface area contributed by atoms with Gasteiger partial charge >= 0.3 is 0 Å². The molecule has 5 heteroatoms. The van der Waals surface area contributed by atoms with Gasteiger partial charge in [0.05, 0.1) is 18.3 Å². The van der Waals surface area contributed by atoms with Crippen LogP contribution in [0.2, 0.25) is 0 Å². The zero-order valence-corrected chi connectivity index (χ0v) is 15.0. The van der Waals surface area contributed by atoms with E-state index >= 15 is 0 Å². The van der Waals surface area contributed by atoms with Crippen molar-refractivity contribution in [2.75, 3.05) is 13.2 Å². The molecule has 1 aliphatic heterocycles. The van der Waals surface area contributed by atoms with Crippen LogP contribution in [0.4, 0.5) is 0 Å². The van der Waals surface area contributed by atoms with Crippen LogP contribution >= 0.6 is 0 Å². The summed E-state index contributed by atoms with van der Waals surface area (Å²) >= 11 is 0. The number of aryl methyl sites for hydroxylation is 2. The Kier molecular flexibility index (Phi) is 4.34. The molecule has 2 heterocycles. The first-order valence-electron chi connectivity index (χ1n) is 9.13. The van der Waals surface area contributed by atoms with E-state index in [0.29, 0.717) is 6.54 Å². The zero-order chi connectivity index (χ0) is 17.4. The van der Waals surface area contributed by atoms with E-state index in [1.54, 1.807) is 0 Å². The maximum atomic E-state index is 12.6. The molecule has 0 N–H and O–H groups in total. The van der Waals surface area contributed by atoms with Crippen molar-refractivity contribution in [1.82, 2.24) is 14.5 Å². The van der Waals surface area contributed by atoms with Gasteiger partial charge in [0, 0.05) is 18.8 Å². The maximum absolute atomic E-state index is 12.6. The van der Waals surface area contributed by atoms with Crippen LogP contribution < -0.4 is 0 Å². The average molecular weight is 339 g/mol. The van der Waals surface area contributed by atoms with Crippen molar-refractivity contribution in [2.45, 2.75) is 52.3 Å². The molecule has 0 bridgehead atoms. The summed E-state index contributed by atoms with van der Waals surface area (Å²) in [4.78, 5) is 19.1. The Balaban J connectivity index is 1.39. The van der Waals surface area contributed by atoms with Gasteiger partial charge < -0.3 is 14.2 Å². The SMILES string of the molecule is Cc1nc2n(c1C)CCN(C(=O)COC1CCCc3ccccc31)C2. The number of rotatable bonds is 3. The molecular formula is C20H25N3O2. The van der Waals surface area contributed by atoms with Crippen LogP contribution in [0.1, 0.15) is 47.3 Å². The van der Waals surface area contributed by atoms with Crippen molar-refractivity contribution in [3.63, 3.8) is 0 Å². The van der Waals surface area contributed by atoms with E-state index in [1.807, 2.05) is 11.8 Å². The number of ether oxygens (including phenoxy) is 1. The molecule has 2 aromatic rings. The molecule has 132 valence electrons. The maximum Gasteiger partial charge on any atom is 0.249 e. The number of fused-ring (bicyclic) bond motifs is 2. The first-order chi connectivity index (χ1) is 12.1. The molecule has 1 atom stereocenters. The molecule has 0 radical (unpaired) electrons. The third-order valence-electron chi connectivity index (χ3n) is 5.54. The Bertz CT molecular complexity index is 796. The van der Waals surface area contributed by atoms with Gasteiger partial charge in [0.1, 0.15) is 12.4 Å². The molecule has 5 nitrogen and oxygen atoms in total. The molecule has 2 aliphatic rings. The highest BCUT2D eigenvalue weighted by atomic mass is 16.5. The topological polar surface area (TPSA) is 47.4 Å². The summed E-state index contributed by atoms with van der Waals surface area (Å²) in [5.41, 5.74) is 4.87. The van der Waals surface area contributed by atoms with E-state index in [4.69, 9.17) is 4.74 Å². The monoisotopic (exact) mass is 339 g/mol. The predicted octanol–water partition coefficient (Wildman–Crippen LogP) is 2.94. The molecular weight excluding hydrogens is 314 g/mol. The van der Waals surface area contributed by atoms with Crippen LogP contribution in [-0.4, -0.2) is 33.5 Å². The van der Waals surface area contributed by atoms with Gasteiger partial charge in [-0.15, -0.1) is 0 Å². The standard InChI is InChI=1S/C20H25N3O2/c1-14-15(2)23-11-10-22(12-19(23)21-14)20(24)13-25-18-9-5-7-16-6-3-4-8-17(16)18/h3-4,6,8,18H,5,7,9-13H2,1-2H3. The summed E-state index contributed by atoms with van der Waals surface area (Å²) in [6, 6.07) is 8.43. The van der Waals surface area contributed by atoms with Crippen LogP contribution in [0.25, 0.3) is 0 Å². The minimum absolute atomic E-state index is 0.0464. The smallest absolute Gasteiger partial charge is 0.249 e. The first-order valence-corrected chi connectivity index (χ1v) is 9.13. The number of amides is 1. The van der Waals surface area contributed by atoms with Gasteiger partial charge in [-0.1, -0.05) is 24.3 Å². The van der Waals surface area contributed by atoms with Crippen molar-refractivity contribution >= 4 is 5.91 Å². The number of benzene rings is 1. The third kappa shape index (κ3) is 3.09. The van der Waals surface area contributed by atoms with Crippen molar-refractivity contribution in [2.24, 2.45) is 0 Å². The Labute approximate surface area is 148 Å². The molecule has 1 aromatic heterocycles. The molecule has 25 heavy (non-hydrogen) atoms. The number of nitrogens with zero attached hydrogens (tertiary/aromatic N) is 3. The van der Waals surface area contributed by atoms with Gasteiger partial charge in [-0.2, -0.15) is 0 Å². The summed E-state index contributed by atoms with van der Waals surface area (Å²) in [7, 11) is 0. The fourth-order valence-corrected chi connectivity index (χ4v) is 3.97. The first kappa shape index (κ1) is 16.3. The van der Waals surface area contributed by atoms with Gasteiger partial charge in [0.2, 0.25) is 5.91 Å². The van der Waals surface area contributed by atoms with Gasteiger partial charge in [-0.25, -0.2) is 4.98 Å². The number of imidazole rings is 1. The summed E-state index contributed by atoms with van der Waals surface area (Å²) in [5, 5.41) is 0. The molecule has 0 saturated carbocycles. The minimum atomic E-state index is 0.0464. The van der Waals surface area contributed by atoms with Gasteiger partial charge in [0.15, 0.2) is 0 Å². The van der Waals surface area contributed by atoms with E-state index in [1.165, 1.54) is 16.8 Å². The highest BCUT2D eigenvalue weighted by molar-refractivity contribution is 5.77. The van der Waals surface area contributed by atoms with Crippen molar-refractivity contribution in [1.29, 1.82) is 0 Å². The van der Waals surface area contributed by atoms with E-state index in [0.717, 1.165) is 43.9 Å².